The van der Waals surface area contributed by atoms with Crippen molar-refractivity contribution in [2.45, 2.75) is 53.9 Å². The molecule has 25 heavy (non-hydrogen) atoms. The Bertz CT molecular complexity index is 722. The van der Waals surface area contributed by atoms with Crippen molar-refractivity contribution < 1.29 is 8.49 Å². The number of hydroxylamine groups is 1. The third-order valence-corrected chi connectivity index (χ3v) is 5.10. The van der Waals surface area contributed by atoms with Crippen LogP contribution in [0.3, 0.4) is 0 Å². The van der Waals surface area contributed by atoms with E-state index in [2.05, 4.69) is 60.1 Å². The second kappa shape index (κ2) is 8.59. The Morgan fingerprint density at radius 2 is 2.04 bits per heavy atom. The molecule has 1 aliphatic heterocycles. The fourth-order valence-electron chi connectivity index (χ4n) is 3.15. The fraction of sp³-hybridized carbons (Fsp3) is 0.450. The van der Waals surface area contributed by atoms with Gasteiger partial charge in [0.05, 0.1) is 0 Å². The highest BCUT2D eigenvalue weighted by Crippen LogP contribution is 2.40. The molecule has 1 atom stereocenters. The Hall–Kier alpha value is -1.72. The van der Waals surface area contributed by atoms with Crippen LogP contribution in [0.15, 0.2) is 63.1 Å². The summed E-state index contributed by atoms with van der Waals surface area (Å²) in [5.41, 5.74) is 7.97. The van der Waals surface area contributed by atoms with Crippen molar-refractivity contribution in [1.29, 1.82) is 0 Å². The van der Waals surface area contributed by atoms with E-state index in [9.17, 15) is 4.21 Å². The van der Waals surface area contributed by atoms with Gasteiger partial charge in [-0.1, -0.05) is 55.4 Å². The molecule has 1 heterocycles. The lowest BCUT2D eigenvalue weighted by Crippen LogP contribution is -2.19. The van der Waals surface area contributed by atoms with Gasteiger partial charge in [0.2, 0.25) is 0 Å². The van der Waals surface area contributed by atoms with E-state index in [-0.39, 0.29) is 5.41 Å². The topological polar surface area (TPSA) is 50.7 Å². The van der Waals surface area contributed by atoms with Crippen molar-refractivity contribution in [3.8, 4) is 0 Å². The molecule has 0 amide bonds. The summed E-state index contributed by atoms with van der Waals surface area (Å²) >= 11 is -1.61. The largest absolute Gasteiger partial charge is 0.309 e. The SMILES string of the molecule is CC1=C(/C=C/C(C)=C/C=C/C(C)=C/C2=NS(=O)ON2)C(C)(C)CCC1. The van der Waals surface area contributed by atoms with Gasteiger partial charge in [-0.3, -0.25) is 0 Å². The molecule has 2 aliphatic rings. The van der Waals surface area contributed by atoms with E-state index in [0.717, 1.165) is 5.57 Å². The maximum absolute atomic E-state index is 11.0. The van der Waals surface area contributed by atoms with Crippen LogP contribution in [0, 0.1) is 5.41 Å². The van der Waals surface area contributed by atoms with Crippen LogP contribution in [0.5, 0.6) is 0 Å². The number of hydrogen-bond acceptors (Lipinski definition) is 3. The average Bonchev–Trinajstić information content (AvgIpc) is 2.91. The predicted molar refractivity (Wildman–Crippen MR) is 106 cm³/mol. The lowest BCUT2D eigenvalue weighted by atomic mass is 9.72. The zero-order valence-corrected chi connectivity index (χ0v) is 16.6. The van der Waals surface area contributed by atoms with E-state index in [4.69, 9.17) is 0 Å². The molecule has 0 saturated carbocycles. The van der Waals surface area contributed by atoms with E-state index >= 15 is 0 Å². The highest BCUT2D eigenvalue weighted by atomic mass is 32.2. The summed E-state index contributed by atoms with van der Waals surface area (Å²) in [7, 11) is 0. The molecule has 0 radical (unpaired) electrons. The van der Waals surface area contributed by atoms with E-state index in [1.807, 2.05) is 19.1 Å². The Morgan fingerprint density at radius 1 is 1.28 bits per heavy atom. The van der Waals surface area contributed by atoms with Crippen molar-refractivity contribution in [3.63, 3.8) is 0 Å². The van der Waals surface area contributed by atoms with Gasteiger partial charge in [-0.25, -0.2) is 9.69 Å². The summed E-state index contributed by atoms with van der Waals surface area (Å²) in [4.78, 5) is 0. The Morgan fingerprint density at radius 3 is 2.68 bits per heavy atom. The van der Waals surface area contributed by atoms with Gasteiger partial charge >= 0.3 is 11.3 Å². The summed E-state index contributed by atoms with van der Waals surface area (Å²) in [5, 5.41) is 0. The minimum absolute atomic E-state index is 0.269. The lowest BCUT2D eigenvalue weighted by Gasteiger charge is -2.32. The van der Waals surface area contributed by atoms with Gasteiger partial charge in [0, 0.05) is 0 Å². The second-order valence-electron chi connectivity index (χ2n) is 7.30. The highest BCUT2D eigenvalue weighted by Gasteiger charge is 2.26. The van der Waals surface area contributed by atoms with Crippen molar-refractivity contribution in [2.24, 2.45) is 9.81 Å². The van der Waals surface area contributed by atoms with Gasteiger partial charge in [-0.05, 0) is 62.7 Å². The molecule has 1 aliphatic carbocycles. The first-order chi connectivity index (χ1) is 11.8. The molecule has 0 aromatic carbocycles. The first kappa shape index (κ1) is 19.6. The van der Waals surface area contributed by atoms with E-state index in [0.29, 0.717) is 5.84 Å². The molecule has 0 saturated heterocycles. The zero-order valence-electron chi connectivity index (χ0n) is 15.8. The molecule has 0 aromatic heterocycles. The third-order valence-electron chi connectivity index (χ3n) is 4.53. The molecule has 1 unspecified atom stereocenters. The molecule has 136 valence electrons. The second-order valence-corrected chi connectivity index (χ2v) is 8.09. The van der Waals surface area contributed by atoms with Crippen LogP contribution in [0.4, 0.5) is 0 Å². The van der Waals surface area contributed by atoms with Gasteiger partial charge in [-0.15, -0.1) is 4.40 Å². The van der Waals surface area contributed by atoms with Crippen LogP contribution in [0.1, 0.15) is 53.9 Å². The lowest BCUT2D eigenvalue weighted by molar-refractivity contribution is 0.306. The quantitative estimate of drug-likeness (QED) is 0.700. The summed E-state index contributed by atoms with van der Waals surface area (Å²) in [6.45, 7) is 11.0. The first-order valence-electron chi connectivity index (χ1n) is 8.63. The van der Waals surface area contributed by atoms with Gasteiger partial charge in [0.15, 0.2) is 5.84 Å². The molecular weight excluding hydrogens is 332 g/mol. The number of allylic oxidation sites excluding steroid dienone is 9. The number of nitrogens with zero attached hydrogens (tertiary/aromatic N) is 1. The number of nitrogens with one attached hydrogen (secondary N) is 1. The average molecular weight is 361 g/mol. The summed E-state index contributed by atoms with van der Waals surface area (Å²) in [5.74, 6) is 0.475. The normalized spacial score (nSPS) is 25.0. The van der Waals surface area contributed by atoms with Crippen LogP contribution in [-0.4, -0.2) is 10.0 Å². The molecule has 0 fully saturated rings. The Labute approximate surface area is 153 Å². The monoisotopic (exact) mass is 360 g/mol. The molecule has 0 bridgehead atoms. The molecule has 0 aromatic rings. The molecule has 4 nitrogen and oxygen atoms in total. The standard InChI is InChI=1S/C20H28N2O2S/c1-15(11-12-18-17(3)10-7-13-20(18,4)5)8-6-9-16(2)14-19-21-24-25(23)22-19/h6,8-9,11-12,14H,7,10,13H2,1-5H3,(H,21,22)/b9-6+,12-11+,15-8+,16-14+. The molecule has 2 rings (SSSR count). The van der Waals surface area contributed by atoms with Gasteiger partial charge in [0.1, 0.15) is 0 Å². The van der Waals surface area contributed by atoms with Crippen LogP contribution in [0.2, 0.25) is 0 Å². The number of amidine groups is 1. The van der Waals surface area contributed by atoms with Crippen molar-refractivity contribution in [3.05, 3.63) is 58.7 Å². The van der Waals surface area contributed by atoms with Gasteiger partial charge < -0.3 is 0 Å². The predicted octanol–water partition coefficient (Wildman–Crippen LogP) is 5.03. The van der Waals surface area contributed by atoms with E-state index < -0.39 is 11.3 Å². The van der Waals surface area contributed by atoms with Gasteiger partial charge in [0.25, 0.3) is 0 Å². The van der Waals surface area contributed by atoms with Crippen LogP contribution in [0.25, 0.3) is 0 Å². The number of rotatable bonds is 5. The maximum atomic E-state index is 11.0. The Balaban J connectivity index is 2.00. The zero-order chi connectivity index (χ0) is 18.4. The van der Waals surface area contributed by atoms with Crippen LogP contribution in [-0.2, 0) is 15.6 Å². The highest BCUT2D eigenvalue weighted by molar-refractivity contribution is 7.79. The molecular formula is C20H28N2O2S. The number of hydrogen-bond donors (Lipinski definition) is 1. The fourth-order valence-corrected chi connectivity index (χ4v) is 3.59. The van der Waals surface area contributed by atoms with Crippen LogP contribution >= 0.6 is 0 Å². The summed E-state index contributed by atoms with van der Waals surface area (Å²) in [6.07, 6.45) is 16.1. The van der Waals surface area contributed by atoms with E-state index in [1.165, 1.54) is 36.0 Å². The van der Waals surface area contributed by atoms with Gasteiger partial charge in [-0.2, -0.15) is 4.28 Å². The first-order valence-corrected chi connectivity index (χ1v) is 9.66. The smallest absolute Gasteiger partial charge is 0.231 e. The summed E-state index contributed by atoms with van der Waals surface area (Å²) in [6, 6.07) is 0. The molecule has 5 heteroatoms. The van der Waals surface area contributed by atoms with E-state index in [1.54, 1.807) is 6.08 Å². The Kier molecular flexibility index (Phi) is 6.73. The van der Waals surface area contributed by atoms with Crippen LogP contribution < -0.4 is 5.48 Å². The minimum Gasteiger partial charge on any atom is -0.231 e. The minimum atomic E-state index is -1.61. The van der Waals surface area contributed by atoms with Crippen molar-refractivity contribution in [2.75, 3.05) is 0 Å². The maximum Gasteiger partial charge on any atom is 0.309 e. The third kappa shape index (κ3) is 5.94. The molecule has 1 N–H and O–H groups in total. The van der Waals surface area contributed by atoms with Crippen molar-refractivity contribution in [1.82, 2.24) is 5.48 Å². The van der Waals surface area contributed by atoms with Crippen molar-refractivity contribution >= 4 is 17.1 Å². The summed E-state index contributed by atoms with van der Waals surface area (Å²) < 4.78 is 19.4. The molecule has 0 spiro atoms.